The summed E-state index contributed by atoms with van der Waals surface area (Å²) in [6.07, 6.45) is 2.34. The Balaban J connectivity index is 1.64. The first-order chi connectivity index (χ1) is 12.4. The Morgan fingerprint density at radius 2 is 1.85 bits per heavy atom. The molecule has 2 N–H and O–H groups in total. The molecular weight excluding hydrogens is 331 g/mol. The van der Waals surface area contributed by atoms with Crippen LogP contribution in [0.3, 0.4) is 0 Å². The number of hydrogen-bond acceptors (Lipinski definition) is 2. The van der Waals surface area contributed by atoms with Crippen molar-refractivity contribution in [1.82, 2.24) is 5.32 Å². The number of benzene rings is 2. The second-order valence-corrected chi connectivity index (χ2v) is 6.98. The summed E-state index contributed by atoms with van der Waals surface area (Å²) in [7, 11) is 0. The average Bonchev–Trinajstić information content (AvgIpc) is 3.41. The van der Waals surface area contributed by atoms with Gasteiger partial charge in [0.1, 0.15) is 5.82 Å². The summed E-state index contributed by atoms with van der Waals surface area (Å²) >= 11 is 0. The van der Waals surface area contributed by atoms with Crippen LogP contribution in [0.25, 0.3) is 0 Å². The third-order valence-corrected chi connectivity index (χ3v) is 4.62. The van der Waals surface area contributed by atoms with E-state index in [-0.39, 0.29) is 30.0 Å². The van der Waals surface area contributed by atoms with Crippen molar-refractivity contribution < 1.29 is 14.0 Å². The van der Waals surface area contributed by atoms with Gasteiger partial charge in [-0.15, -0.1) is 0 Å². The van der Waals surface area contributed by atoms with Crippen LogP contribution in [-0.4, -0.2) is 17.9 Å². The molecule has 5 heteroatoms. The SMILES string of the molecule is Cc1ccc(C(=O)NC2CC2)cc1NC(=O)CC(C)c1ccc(F)cc1. The van der Waals surface area contributed by atoms with E-state index in [0.717, 1.165) is 24.0 Å². The lowest BCUT2D eigenvalue weighted by Crippen LogP contribution is -2.25. The molecule has 2 amide bonds. The zero-order chi connectivity index (χ0) is 18.7. The molecule has 2 aromatic rings. The van der Waals surface area contributed by atoms with Gasteiger partial charge in [-0.1, -0.05) is 25.1 Å². The van der Waals surface area contributed by atoms with Crippen molar-refractivity contribution in [3.8, 4) is 0 Å². The number of carbonyl (C=O) groups excluding carboxylic acids is 2. The Hall–Kier alpha value is -2.69. The Bertz CT molecular complexity index is 813. The van der Waals surface area contributed by atoms with Crippen LogP contribution in [0, 0.1) is 12.7 Å². The van der Waals surface area contributed by atoms with Gasteiger partial charge < -0.3 is 10.6 Å². The molecule has 1 aliphatic carbocycles. The minimum atomic E-state index is -0.290. The summed E-state index contributed by atoms with van der Waals surface area (Å²) in [6, 6.07) is 11.8. The maximum Gasteiger partial charge on any atom is 0.251 e. The predicted molar refractivity (Wildman–Crippen MR) is 99.7 cm³/mol. The molecule has 1 atom stereocenters. The lowest BCUT2D eigenvalue weighted by atomic mass is 9.97. The second kappa shape index (κ2) is 7.68. The molecule has 1 fully saturated rings. The van der Waals surface area contributed by atoms with Crippen molar-refractivity contribution in [2.24, 2.45) is 0 Å². The van der Waals surface area contributed by atoms with Crippen LogP contribution in [0.15, 0.2) is 42.5 Å². The lowest BCUT2D eigenvalue weighted by Gasteiger charge is -2.14. The highest BCUT2D eigenvalue weighted by molar-refractivity contribution is 5.98. The van der Waals surface area contributed by atoms with Gasteiger partial charge in [0.05, 0.1) is 0 Å². The van der Waals surface area contributed by atoms with Gasteiger partial charge in [0.15, 0.2) is 0 Å². The normalized spacial score (nSPS) is 14.6. The van der Waals surface area contributed by atoms with Crippen molar-refractivity contribution in [3.63, 3.8) is 0 Å². The van der Waals surface area contributed by atoms with Gasteiger partial charge in [0.25, 0.3) is 5.91 Å². The van der Waals surface area contributed by atoms with Crippen molar-refractivity contribution in [2.45, 2.75) is 45.1 Å². The fourth-order valence-electron chi connectivity index (χ4n) is 2.78. The fraction of sp³-hybridized carbons (Fsp3) is 0.333. The molecular formula is C21H23FN2O2. The summed E-state index contributed by atoms with van der Waals surface area (Å²) in [5.74, 6) is -0.563. The van der Waals surface area contributed by atoms with Crippen LogP contribution in [0.5, 0.6) is 0 Å². The summed E-state index contributed by atoms with van der Waals surface area (Å²) in [5.41, 5.74) is 3.00. The first-order valence-electron chi connectivity index (χ1n) is 8.89. The van der Waals surface area contributed by atoms with Gasteiger partial charge in [-0.25, -0.2) is 4.39 Å². The molecule has 1 unspecified atom stereocenters. The van der Waals surface area contributed by atoms with Crippen molar-refractivity contribution in [1.29, 1.82) is 0 Å². The highest BCUT2D eigenvalue weighted by Gasteiger charge is 2.24. The number of carbonyl (C=O) groups is 2. The molecule has 0 bridgehead atoms. The van der Waals surface area contributed by atoms with Crippen molar-refractivity contribution in [3.05, 3.63) is 65.0 Å². The smallest absolute Gasteiger partial charge is 0.251 e. The highest BCUT2D eigenvalue weighted by atomic mass is 19.1. The number of anilines is 1. The maximum absolute atomic E-state index is 13.0. The van der Waals surface area contributed by atoms with Crippen LogP contribution < -0.4 is 10.6 Å². The fourth-order valence-corrected chi connectivity index (χ4v) is 2.78. The maximum atomic E-state index is 13.0. The third kappa shape index (κ3) is 4.69. The van der Waals surface area contributed by atoms with Gasteiger partial charge in [0, 0.05) is 23.7 Å². The van der Waals surface area contributed by atoms with E-state index >= 15 is 0 Å². The largest absolute Gasteiger partial charge is 0.349 e. The van der Waals surface area contributed by atoms with Crippen molar-refractivity contribution >= 4 is 17.5 Å². The Labute approximate surface area is 152 Å². The molecule has 4 nitrogen and oxygen atoms in total. The van der Waals surface area contributed by atoms with E-state index in [9.17, 15) is 14.0 Å². The van der Waals surface area contributed by atoms with Crippen molar-refractivity contribution in [2.75, 3.05) is 5.32 Å². The molecule has 0 spiro atoms. The molecule has 1 saturated carbocycles. The van der Waals surface area contributed by atoms with Crippen LogP contribution in [0.4, 0.5) is 10.1 Å². The number of halogens is 1. The molecule has 0 radical (unpaired) electrons. The van der Waals surface area contributed by atoms with E-state index in [4.69, 9.17) is 0 Å². The number of rotatable bonds is 6. The van der Waals surface area contributed by atoms with Crippen LogP contribution in [0.2, 0.25) is 0 Å². The Kier molecular flexibility index (Phi) is 5.35. The minimum absolute atomic E-state index is 0.0303. The standard InChI is InChI=1S/C21H23FN2O2/c1-13-3-4-16(21(26)23-18-9-10-18)12-19(13)24-20(25)11-14(2)15-5-7-17(22)8-6-15/h3-8,12,14,18H,9-11H2,1-2H3,(H,23,26)(H,24,25). The summed E-state index contributed by atoms with van der Waals surface area (Å²) in [5, 5.41) is 5.84. The molecule has 2 aromatic carbocycles. The molecule has 0 saturated heterocycles. The number of nitrogens with one attached hydrogen (secondary N) is 2. The number of aryl methyl sites for hydroxylation is 1. The van der Waals surface area contributed by atoms with Gasteiger partial charge in [-0.2, -0.15) is 0 Å². The first kappa shape index (κ1) is 18.1. The van der Waals surface area contributed by atoms with E-state index in [1.54, 1.807) is 24.3 Å². The number of hydrogen-bond donors (Lipinski definition) is 2. The van der Waals surface area contributed by atoms with Gasteiger partial charge >= 0.3 is 0 Å². The molecule has 3 rings (SSSR count). The molecule has 0 aromatic heterocycles. The summed E-state index contributed by atoms with van der Waals surface area (Å²) in [6.45, 7) is 3.82. The quantitative estimate of drug-likeness (QED) is 0.818. The zero-order valence-corrected chi connectivity index (χ0v) is 15.0. The Morgan fingerprint density at radius 1 is 1.15 bits per heavy atom. The van der Waals surface area contributed by atoms with E-state index in [2.05, 4.69) is 10.6 Å². The van der Waals surface area contributed by atoms with Gasteiger partial charge in [0.2, 0.25) is 5.91 Å². The van der Waals surface area contributed by atoms with E-state index in [1.807, 2.05) is 19.9 Å². The molecule has 1 aliphatic rings. The van der Waals surface area contributed by atoms with E-state index in [0.29, 0.717) is 17.3 Å². The highest BCUT2D eigenvalue weighted by Crippen LogP contribution is 2.23. The van der Waals surface area contributed by atoms with E-state index in [1.165, 1.54) is 12.1 Å². The van der Waals surface area contributed by atoms with E-state index < -0.39 is 0 Å². The Morgan fingerprint density at radius 3 is 2.50 bits per heavy atom. The third-order valence-electron chi connectivity index (χ3n) is 4.62. The number of amides is 2. The average molecular weight is 354 g/mol. The second-order valence-electron chi connectivity index (χ2n) is 6.98. The van der Waals surface area contributed by atoms with Crippen LogP contribution >= 0.6 is 0 Å². The van der Waals surface area contributed by atoms with Gasteiger partial charge in [-0.05, 0) is 61.1 Å². The first-order valence-corrected chi connectivity index (χ1v) is 8.89. The van der Waals surface area contributed by atoms with Gasteiger partial charge in [-0.3, -0.25) is 9.59 Å². The monoisotopic (exact) mass is 354 g/mol. The topological polar surface area (TPSA) is 58.2 Å². The molecule has 136 valence electrons. The zero-order valence-electron chi connectivity index (χ0n) is 15.0. The lowest BCUT2D eigenvalue weighted by molar-refractivity contribution is -0.116. The van der Waals surface area contributed by atoms with Crippen LogP contribution in [-0.2, 0) is 4.79 Å². The molecule has 26 heavy (non-hydrogen) atoms. The summed E-state index contributed by atoms with van der Waals surface area (Å²) < 4.78 is 13.0. The molecule has 0 aliphatic heterocycles. The molecule has 0 heterocycles. The summed E-state index contributed by atoms with van der Waals surface area (Å²) in [4.78, 5) is 24.6. The predicted octanol–water partition coefficient (Wildman–Crippen LogP) is 4.16. The minimum Gasteiger partial charge on any atom is -0.349 e. The van der Waals surface area contributed by atoms with Crippen LogP contribution in [0.1, 0.15) is 53.6 Å².